The Morgan fingerprint density at radius 3 is 2.85 bits per heavy atom. The van der Waals surface area contributed by atoms with Gasteiger partial charge in [0.1, 0.15) is 12.7 Å². The molecule has 0 saturated carbocycles. The molecule has 0 bridgehead atoms. The van der Waals surface area contributed by atoms with E-state index in [-0.39, 0.29) is 30.6 Å². The Labute approximate surface area is 81.6 Å². The van der Waals surface area contributed by atoms with E-state index in [9.17, 15) is 4.79 Å². The second kappa shape index (κ2) is 8.46. The molecule has 0 amide bonds. The van der Waals surface area contributed by atoms with Gasteiger partial charge < -0.3 is 20.3 Å². The molecule has 0 aliphatic carbocycles. The second-order valence-corrected chi connectivity index (χ2v) is 3.30. The summed E-state index contributed by atoms with van der Waals surface area (Å²) in [6.07, 6.45) is 0. The zero-order chi connectivity index (χ0) is 10.1. The fraction of sp³-hybridized carbons (Fsp3) is 0.857. The van der Waals surface area contributed by atoms with E-state index < -0.39 is 0 Å². The average molecular weight is 209 g/mol. The molecule has 0 aromatic rings. The summed E-state index contributed by atoms with van der Waals surface area (Å²) in [4.78, 5) is 11.1. The van der Waals surface area contributed by atoms with Crippen molar-refractivity contribution in [2.45, 2.75) is 6.92 Å². The first-order valence-corrected chi connectivity index (χ1v) is 4.84. The van der Waals surface area contributed by atoms with E-state index >= 15 is 0 Å². The normalized spacial score (nSPS) is 12.8. The van der Waals surface area contributed by atoms with Gasteiger partial charge in [0, 0.05) is 12.5 Å². The summed E-state index contributed by atoms with van der Waals surface area (Å²) >= 11 is 1.06. The lowest BCUT2D eigenvalue weighted by Gasteiger charge is -2.06. The van der Waals surface area contributed by atoms with Crippen LogP contribution in [0.1, 0.15) is 6.92 Å². The first kappa shape index (κ1) is 12.9. The molecule has 13 heavy (non-hydrogen) atoms. The van der Waals surface area contributed by atoms with Crippen LogP contribution in [0.25, 0.3) is 0 Å². The smallest absolute Gasteiger partial charge is 0.195 e. The van der Waals surface area contributed by atoms with Crippen molar-refractivity contribution in [3.05, 3.63) is 0 Å². The van der Waals surface area contributed by atoms with Crippen molar-refractivity contribution in [1.82, 2.24) is 0 Å². The summed E-state index contributed by atoms with van der Waals surface area (Å²) in [5, 5.41) is 8.21. The maximum absolute atomic E-state index is 11.1. The molecule has 0 rings (SSSR count). The fourth-order valence-electron chi connectivity index (χ4n) is 0.468. The Hall–Kier alpha value is -0.140. The van der Waals surface area contributed by atoms with E-state index in [1.165, 1.54) is 0 Å². The van der Waals surface area contributed by atoms with Gasteiger partial charge in [0.25, 0.3) is 0 Å². The van der Waals surface area contributed by atoms with Crippen LogP contribution in [0.3, 0.4) is 0 Å². The van der Waals surface area contributed by atoms with Gasteiger partial charge in [-0.3, -0.25) is 4.79 Å². The molecule has 0 fully saturated rings. The number of hydrogen-bond donors (Lipinski definition) is 2. The Morgan fingerprint density at radius 2 is 2.31 bits per heavy atom. The molecule has 78 valence electrons. The predicted molar refractivity (Wildman–Crippen MR) is 49.8 cm³/mol. The average Bonchev–Trinajstić information content (AvgIpc) is 2.16. The number of carbonyl (C=O) groups excluding carboxylic acids is 1. The summed E-state index contributed by atoms with van der Waals surface area (Å²) in [6.45, 7) is 1.73. The van der Waals surface area contributed by atoms with Gasteiger partial charge in [-0.2, -0.15) is 0 Å². The molecule has 0 spiro atoms. The first-order chi connectivity index (χ1) is 6.22. The van der Waals surface area contributed by atoms with Crippen LogP contribution in [0.15, 0.2) is 0 Å². The van der Waals surface area contributed by atoms with Gasteiger partial charge in [-0.1, -0.05) is 18.7 Å². The third-order valence-corrected chi connectivity index (χ3v) is 2.27. The highest BCUT2D eigenvalue weighted by Gasteiger charge is 2.10. The molecule has 0 aromatic heterocycles. The zero-order valence-electron chi connectivity index (χ0n) is 7.56. The lowest BCUT2D eigenvalue weighted by Crippen LogP contribution is -2.18. The minimum absolute atomic E-state index is 0.00602. The number of aliphatic hydroxyl groups excluding tert-OH is 1. The van der Waals surface area contributed by atoms with Gasteiger partial charge in [-0.05, 0) is 0 Å². The third kappa shape index (κ3) is 6.97. The molecule has 1 atom stereocenters. The van der Waals surface area contributed by atoms with Crippen molar-refractivity contribution in [1.29, 1.82) is 0 Å². The monoisotopic (exact) mass is 209 g/mol. The number of aliphatic hydroxyl groups is 1. The van der Waals surface area contributed by atoms with E-state index in [0.29, 0.717) is 6.54 Å². The first-order valence-electron chi connectivity index (χ1n) is 3.85. The van der Waals surface area contributed by atoms with Crippen LogP contribution in [0.2, 0.25) is 0 Å². The Balaban J connectivity index is 3.27. The minimum Gasteiger partial charge on any atom is -0.371 e. The van der Waals surface area contributed by atoms with Crippen LogP contribution in [0, 0.1) is 5.92 Å². The van der Waals surface area contributed by atoms with Gasteiger partial charge >= 0.3 is 0 Å². The standard InChI is InChI=1S/C7H15NO4S/c1-6(2-8)7(10)13-5-12-4-11-3-9/h6,9H,2-5,8H2,1H3. The van der Waals surface area contributed by atoms with Crippen molar-refractivity contribution in [3.8, 4) is 0 Å². The zero-order valence-corrected chi connectivity index (χ0v) is 8.38. The van der Waals surface area contributed by atoms with Crippen molar-refractivity contribution < 1.29 is 19.4 Å². The van der Waals surface area contributed by atoms with E-state index in [1.54, 1.807) is 6.92 Å². The Kier molecular flexibility index (Phi) is 8.37. The summed E-state index contributed by atoms with van der Waals surface area (Å²) < 4.78 is 9.34. The quantitative estimate of drug-likeness (QED) is 0.444. The highest BCUT2D eigenvalue weighted by atomic mass is 32.2. The molecule has 5 nitrogen and oxygen atoms in total. The van der Waals surface area contributed by atoms with Crippen molar-refractivity contribution >= 4 is 16.9 Å². The lowest BCUT2D eigenvalue weighted by atomic mass is 10.2. The van der Waals surface area contributed by atoms with Gasteiger partial charge in [-0.25, -0.2) is 0 Å². The highest BCUT2D eigenvalue weighted by Crippen LogP contribution is 2.09. The van der Waals surface area contributed by atoms with Crippen molar-refractivity contribution in [2.24, 2.45) is 11.7 Å². The van der Waals surface area contributed by atoms with Gasteiger partial charge in [0.15, 0.2) is 11.9 Å². The maximum atomic E-state index is 11.1. The minimum atomic E-state index is -0.377. The molecule has 0 aliphatic rings. The molecule has 0 aliphatic heterocycles. The number of hydrogen-bond acceptors (Lipinski definition) is 6. The fourth-order valence-corrected chi connectivity index (χ4v) is 1.12. The van der Waals surface area contributed by atoms with E-state index in [1.807, 2.05) is 0 Å². The number of ether oxygens (including phenoxy) is 2. The maximum Gasteiger partial charge on any atom is 0.195 e. The Morgan fingerprint density at radius 1 is 1.62 bits per heavy atom. The van der Waals surface area contributed by atoms with Crippen LogP contribution < -0.4 is 5.73 Å². The van der Waals surface area contributed by atoms with Gasteiger partial charge in [0.2, 0.25) is 0 Å². The molecular formula is C7H15NO4S. The number of rotatable bonds is 7. The van der Waals surface area contributed by atoms with Crippen LogP contribution >= 0.6 is 11.8 Å². The van der Waals surface area contributed by atoms with Crippen LogP contribution in [0.4, 0.5) is 0 Å². The number of nitrogens with two attached hydrogens (primary N) is 1. The summed E-state index contributed by atoms with van der Waals surface area (Å²) in [5.74, 6) is 0.0794. The molecule has 0 radical (unpaired) electrons. The molecule has 0 heterocycles. The number of thioether (sulfide) groups is 1. The number of carbonyl (C=O) groups is 1. The summed E-state index contributed by atoms with van der Waals surface area (Å²) in [7, 11) is 0. The lowest BCUT2D eigenvalue weighted by molar-refractivity contribution is -0.114. The van der Waals surface area contributed by atoms with Gasteiger partial charge in [0.05, 0.1) is 0 Å². The van der Waals surface area contributed by atoms with Gasteiger partial charge in [-0.15, -0.1) is 0 Å². The highest BCUT2D eigenvalue weighted by molar-refractivity contribution is 8.13. The largest absolute Gasteiger partial charge is 0.371 e. The second-order valence-electron chi connectivity index (χ2n) is 2.37. The third-order valence-electron chi connectivity index (χ3n) is 1.30. The SMILES string of the molecule is CC(CN)C(=O)SCOCOCO. The van der Waals surface area contributed by atoms with E-state index in [4.69, 9.17) is 15.6 Å². The topological polar surface area (TPSA) is 81.8 Å². The van der Waals surface area contributed by atoms with Crippen LogP contribution in [0.5, 0.6) is 0 Å². The molecular weight excluding hydrogens is 194 g/mol. The molecule has 1 unspecified atom stereocenters. The molecule has 3 N–H and O–H groups in total. The summed E-state index contributed by atoms with van der Waals surface area (Å²) in [6, 6.07) is 0. The van der Waals surface area contributed by atoms with Crippen molar-refractivity contribution in [2.75, 3.05) is 26.1 Å². The molecule has 0 aromatic carbocycles. The Bertz CT molecular complexity index is 144. The van der Waals surface area contributed by atoms with Crippen LogP contribution in [-0.4, -0.2) is 36.3 Å². The predicted octanol–water partition coefficient (Wildman–Crippen LogP) is -0.261. The summed E-state index contributed by atoms with van der Waals surface area (Å²) in [5.41, 5.74) is 5.29. The van der Waals surface area contributed by atoms with E-state index in [0.717, 1.165) is 11.8 Å². The molecule has 0 saturated heterocycles. The van der Waals surface area contributed by atoms with Crippen LogP contribution in [-0.2, 0) is 14.3 Å². The molecule has 6 heteroatoms. The van der Waals surface area contributed by atoms with Crippen molar-refractivity contribution in [3.63, 3.8) is 0 Å². The van der Waals surface area contributed by atoms with E-state index in [2.05, 4.69) is 4.74 Å².